The van der Waals surface area contributed by atoms with Crippen LogP contribution in [0.2, 0.25) is 0 Å². The monoisotopic (exact) mass is 522 g/mol. The summed E-state index contributed by atoms with van der Waals surface area (Å²) in [5.41, 5.74) is 5.50. The first-order valence-corrected chi connectivity index (χ1v) is 11.3. The van der Waals surface area contributed by atoms with Crippen molar-refractivity contribution in [2.45, 2.75) is 0 Å². The zero-order chi connectivity index (χ0) is 27.5. The SMILES string of the molecule is NCCN(CCN(CCN(CCN(CCNCC(=O)O)CC(=O)O)CC(=O)O)CC(=O)O)CC(=O)O. The maximum absolute atomic E-state index is 11.3. The summed E-state index contributed by atoms with van der Waals surface area (Å²) in [7, 11) is 0. The zero-order valence-corrected chi connectivity index (χ0v) is 20.3. The molecule has 0 radical (unpaired) electrons. The Morgan fingerprint density at radius 3 is 1.08 bits per heavy atom. The van der Waals surface area contributed by atoms with Crippen molar-refractivity contribution in [1.82, 2.24) is 24.9 Å². The zero-order valence-electron chi connectivity index (χ0n) is 20.3. The molecule has 0 aliphatic carbocycles. The van der Waals surface area contributed by atoms with Crippen molar-refractivity contribution < 1.29 is 49.5 Å². The van der Waals surface area contributed by atoms with Gasteiger partial charge in [0.25, 0.3) is 0 Å². The minimum atomic E-state index is -1.11. The lowest BCUT2D eigenvalue weighted by molar-refractivity contribution is -0.140. The standard InChI is InChI=1S/C20H38N6O10/c21-1-3-23(12-17(29)30)5-7-25(14-19(33)34)9-10-26(15-20(35)36)8-6-24(13-18(31)32)4-2-22-11-16(27)28/h22H,1-15,21H2,(H,27,28)(H,29,30)(H,31,32)(H,33,34)(H,35,36). The van der Waals surface area contributed by atoms with Gasteiger partial charge in [-0.05, 0) is 0 Å². The molecule has 0 saturated carbocycles. The van der Waals surface area contributed by atoms with Gasteiger partial charge in [0.1, 0.15) is 0 Å². The van der Waals surface area contributed by atoms with Crippen LogP contribution in [0.25, 0.3) is 0 Å². The van der Waals surface area contributed by atoms with Crippen LogP contribution in [0.5, 0.6) is 0 Å². The molecule has 0 aliphatic heterocycles. The van der Waals surface area contributed by atoms with Gasteiger partial charge in [-0.15, -0.1) is 0 Å². The fourth-order valence-corrected chi connectivity index (χ4v) is 3.31. The summed E-state index contributed by atoms with van der Waals surface area (Å²) in [5, 5.41) is 47.9. The van der Waals surface area contributed by atoms with E-state index < -0.39 is 29.8 Å². The Morgan fingerprint density at radius 2 is 0.806 bits per heavy atom. The van der Waals surface area contributed by atoms with Gasteiger partial charge in [-0.1, -0.05) is 0 Å². The predicted octanol–water partition coefficient (Wildman–Crippen LogP) is -3.83. The average Bonchev–Trinajstić information content (AvgIpc) is 2.74. The summed E-state index contributed by atoms with van der Waals surface area (Å²) < 4.78 is 0. The van der Waals surface area contributed by atoms with Crippen LogP contribution in [-0.2, 0) is 24.0 Å². The topological polar surface area (TPSA) is 238 Å². The van der Waals surface area contributed by atoms with Gasteiger partial charge < -0.3 is 36.6 Å². The maximum atomic E-state index is 11.3. The van der Waals surface area contributed by atoms with Gasteiger partial charge in [0.15, 0.2) is 0 Å². The van der Waals surface area contributed by atoms with Crippen LogP contribution >= 0.6 is 0 Å². The largest absolute Gasteiger partial charge is 0.480 e. The average molecular weight is 523 g/mol. The first kappa shape index (κ1) is 33.1. The van der Waals surface area contributed by atoms with E-state index in [0.717, 1.165) is 0 Å². The Hall–Kier alpha value is -2.89. The fraction of sp³-hybridized carbons (Fsp3) is 0.750. The molecule has 0 spiro atoms. The number of rotatable bonds is 24. The van der Waals surface area contributed by atoms with Crippen LogP contribution in [0.4, 0.5) is 0 Å². The first-order chi connectivity index (χ1) is 16.9. The fourth-order valence-electron chi connectivity index (χ4n) is 3.31. The molecule has 0 aromatic heterocycles. The normalized spacial score (nSPS) is 11.5. The molecule has 0 aromatic carbocycles. The number of nitrogens with zero attached hydrogens (tertiary/aromatic N) is 4. The van der Waals surface area contributed by atoms with Crippen LogP contribution < -0.4 is 11.1 Å². The number of hydrogen-bond acceptors (Lipinski definition) is 11. The third kappa shape index (κ3) is 19.4. The van der Waals surface area contributed by atoms with E-state index in [1.54, 1.807) is 14.7 Å². The number of carboxylic acids is 5. The van der Waals surface area contributed by atoms with Crippen LogP contribution in [0, 0.1) is 0 Å². The molecule has 0 aromatic rings. The molecular formula is C20H38N6O10. The van der Waals surface area contributed by atoms with Crippen LogP contribution in [0.1, 0.15) is 0 Å². The lowest BCUT2D eigenvalue weighted by Crippen LogP contribution is -2.46. The summed E-state index contributed by atoms with van der Waals surface area (Å²) >= 11 is 0. The second-order valence-electron chi connectivity index (χ2n) is 8.04. The second-order valence-corrected chi connectivity index (χ2v) is 8.04. The van der Waals surface area contributed by atoms with Crippen molar-refractivity contribution >= 4 is 29.8 Å². The molecule has 0 bridgehead atoms. The molecule has 16 nitrogen and oxygen atoms in total. The lowest BCUT2D eigenvalue weighted by Gasteiger charge is -2.29. The molecule has 0 atom stereocenters. The molecule has 208 valence electrons. The predicted molar refractivity (Wildman–Crippen MR) is 126 cm³/mol. The number of carboxylic acid groups (broad SMARTS) is 5. The minimum Gasteiger partial charge on any atom is -0.480 e. The summed E-state index contributed by atoms with van der Waals surface area (Å²) in [4.78, 5) is 61.6. The van der Waals surface area contributed by atoms with E-state index in [-0.39, 0.29) is 91.6 Å². The molecule has 16 heteroatoms. The van der Waals surface area contributed by atoms with Crippen molar-refractivity contribution in [1.29, 1.82) is 0 Å². The van der Waals surface area contributed by atoms with Crippen LogP contribution in [0.15, 0.2) is 0 Å². The van der Waals surface area contributed by atoms with Gasteiger partial charge in [-0.3, -0.25) is 43.6 Å². The molecule has 0 rings (SSSR count). The Labute approximate surface area is 208 Å². The first-order valence-electron chi connectivity index (χ1n) is 11.3. The quantitative estimate of drug-likeness (QED) is 0.0601. The number of nitrogens with one attached hydrogen (secondary N) is 1. The van der Waals surface area contributed by atoms with E-state index in [1.165, 1.54) is 4.90 Å². The smallest absolute Gasteiger partial charge is 0.317 e. The Balaban J connectivity index is 5.03. The van der Waals surface area contributed by atoms with E-state index in [2.05, 4.69) is 5.32 Å². The van der Waals surface area contributed by atoms with Gasteiger partial charge >= 0.3 is 29.8 Å². The number of aliphatic carboxylic acids is 5. The van der Waals surface area contributed by atoms with E-state index in [4.69, 9.17) is 21.1 Å². The molecule has 0 unspecified atom stereocenters. The number of carbonyl (C=O) groups is 5. The highest BCUT2D eigenvalue weighted by molar-refractivity contribution is 5.70. The second kappa shape index (κ2) is 19.3. The molecule has 0 fully saturated rings. The molecular weight excluding hydrogens is 484 g/mol. The third-order valence-corrected chi connectivity index (χ3v) is 4.96. The van der Waals surface area contributed by atoms with Crippen molar-refractivity contribution in [3.8, 4) is 0 Å². The van der Waals surface area contributed by atoms with Gasteiger partial charge in [0.05, 0.1) is 32.7 Å². The van der Waals surface area contributed by atoms with Gasteiger partial charge in [0.2, 0.25) is 0 Å². The third-order valence-electron chi connectivity index (χ3n) is 4.96. The Bertz CT molecular complexity index is 710. The van der Waals surface area contributed by atoms with E-state index >= 15 is 0 Å². The highest BCUT2D eigenvalue weighted by Gasteiger charge is 2.18. The van der Waals surface area contributed by atoms with Crippen molar-refractivity contribution in [3.63, 3.8) is 0 Å². The van der Waals surface area contributed by atoms with E-state index in [1.807, 2.05) is 0 Å². The Kier molecular flexibility index (Phi) is 17.8. The maximum Gasteiger partial charge on any atom is 0.317 e. The molecule has 8 N–H and O–H groups in total. The highest BCUT2D eigenvalue weighted by atomic mass is 16.4. The summed E-state index contributed by atoms with van der Waals surface area (Å²) in [6.45, 7) is 0.688. The molecule has 0 amide bonds. The molecule has 0 aliphatic rings. The summed E-state index contributed by atoms with van der Waals surface area (Å²) in [5.74, 6) is -5.38. The number of hydrogen-bond donors (Lipinski definition) is 7. The molecule has 0 heterocycles. The number of nitrogens with two attached hydrogens (primary N) is 1. The summed E-state index contributed by atoms with van der Waals surface area (Å²) in [6.07, 6.45) is 0. The highest BCUT2D eigenvalue weighted by Crippen LogP contribution is 1.98. The molecule has 0 saturated heterocycles. The lowest BCUT2D eigenvalue weighted by atomic mass is 10.3. The van der Waals surface area contributed by atoms with E-state index in [9.17, 15) is 34.2 Å². The van der Waals surface area contributed by atoms with Crippen LogP contribution in [0.3, 0.4) is 0 Å². The van der Waals surface area contributed by atoms with Gasteiger partial charge in [0, 0.05) is 65.4 Å². The summed E-state index contributed by atoms with van der Waals surface area (Å²) in [6, 6.07) is 0. The van der Waals surface area contributed by atoms with E-state index in [0.29, 0.717) is 6.54 Å². The van der Waals surface area contributed by atoms with Crippen molar-refractivity contribution in [2.75, 3.05) is 98.2 Å². The van der Waals surface area contributed by atoms with Crippen LogP contribution in [-0.4, -0.2) is 173 Å². The van der Waals surface area contributed by atoms with Gasteiger partial charge in [-0.25, -0.2) is 0 Å². The van der Waals surface area contributed by atoms with Crippen molar-refractivity contribution in [3.05, 3.63) is 0 Å². The van der Waals surface area contributed by atoms with Gasteiger partial charge in [-0.2, -0.15) is 0 Å². The molecule has 36 heavy (non-hydrogen) atoms. The Morgan fingerprint density at radius 1 is 0.500 bits per heavy atom. The minimum absolute atomic E-state index is 0.174. The van der Waals surface area contributed by atoms with Crippen molar-refractivity contribution in [2.24, 2.45) is 5.73 Å².